The van der Waals surface area contributed by atoms with Crippen LogP contribution in [0.2, 0.25) is 0 Å². The zero-order valence-electron chi connectivity index (χ0n) is 10.7. The summed E-state index contributed by atoms with van der Waals surface area (Å²) in [5.74, 6) is -3.42. The van der Waals surface area contributed by atoms with Crippen LogP contribution in [-0.4, -0.2) is 42.0 Å². The first kappa shape index (κ1) is 18.3. The van der Waals surface area contributed by atoms with Crippen molar-refractivity contribution in [3.05, 3.63) is 29.8 Å². The molecule has 0 fully saturated rings. The Labute approximate surface area is 121 Å². The number of hydrogen-bond donors (Lipinski definition) is 2. The zero-order chi connectivity index (χ0) is 14.4. The van der Waals surface area contributed by atoms with Gasteiger partial charge in [0.05, 0.1) is 13.0 Å². The van der Waals surface area contributed by atoms with Gasteiger partial charge in [-0.25, -0.2) is 8.78 Å². The van der Waals surface area contributed by atoms with Gasteiger partial charge in [0.15, 0.2) is 11.6 Å². The van der Waals surface area contributed by atoms with E-state index >= 15 is 0 Å². The minimum absolute atomic E-state index is 0. The highest BCUT2D eigenvalue weighted by atomic mass is 35.5. The molecule has 1 aromatic rings. The van der Waals surface area contributed by atoms with Gasteiger partial charge in [-0.2, -0.15) is 0 Å². The summed E-state index contributed by atoms with van der Waals surface area (Å²) in [6.07, 6.45) is -0.0744. The molecule has 0 unspecified atom stereocenters. The zero-order valence-corrected chi connectivity index (χ0v) is 11.5. The number of carbonyl (C=O) groups excluding carboxylic acids is 1. The van der Waals surface area contributed by atoms with Gasteiger partial charge in [0, 0.05) is 18.3 Å². The lowest BCUT2D eigenvalue weighted by molar-refractivity contribution is -0.137. The minimum atomic E-state index is -1.04. The van der Waals surface area contributed by atoms with Crippen molar-refractivity contribution in [2.75, 3.05) is 25.5 Å². The molecule has 0 spiro atoms. The van der Waals surface area contributed by atoms with Gasteiger partial charge in [0.25, 0.3) is 0 Å². The van der Waals surface area contributed by atoms with Crippen LogP contribution in [0.5, 0.6) is 0 Å². The number of nitrogens with one attached hydrogen (secondary N) is 1. The van der Waals surface area contributed by atoms with Crippen LogP contribution in [0, 0.1) is 11.6 Å². The Kier molecular flexibility index (Phi) is 7.71. The lowest BCUT2D eigenvalue weighted by atomic mass is 10.3. The number of likely N-dealkylation sites (N-methyl/N-ethyl adjacent to an activating group) is 1. The SMILES string of the molecule is CN(CCC(=O)O)CC(=O)Nc1ccc(F)c(F)c1.Cl. The van der Waals surface area contributed by atoms with Crippen LogP contribution in [0.3, 0.4) is 0 Å². The Morgan fingerprint density at radius 2 is 1.95 bits per heavy atom. The van der Waals surface area contributed by atoms with Crippen molar-refractivity contribution in [3.63, 3.8) is 0 Å². The second-order valence-corrected chi connectivity index (χ2v) is 4.06. The van der Waals surface area contributed by atoms with Crippen LogP contribution in [0.25, 0.3) is 0 Å². The quantitative estimate of drug-likeness (QED) is 0.840. The summed E-state index contributed by atoms with van der Waals surface area (Å²) in [6, 6.07) is 3.04. The average molecular weight is 309 g/mol. The summed E-state index contributed by atoms with van der Waals surface area (Å²) in [4.78, 5) is 23.4. The fourth-order valence-electron chi connectivity index (χ4n) is 1.39. The molecule has 0 atom stereocenters. The molecule has 5 nitrogen and oxygen atoms in total. The van der Waals surface area contributed by atoms with E-state index in [1.165, 1.54) is 11.0 Å². The number of aliphatic carboxylic acids is 1. The third-order valence-corrected chi connectivity index (χ3v) is 2.32. The highest BCUT2D eigenvalue weighted by molar-refractivity contribution is 5.92. The number of carboxylic acids is 1. The molecule has 0 aliphatic heterocycles. The Hall–Kier alpha value is -1.73. The van der Waals surface area contributed by atoms with Crippen molar-refractivity contribution in [1.29, 1.82) is 0 Å². The third-order valence-electron chi connectivity index (χ3n) is 2.32. The van der Waals surface area contributed by atoms with E-state index in [0.717, 1.165) is 12.1 Å². The van der Waals surface area contributed by atoms with E-state index in [9.17, 15) is 18.4 Å². The van der Waals surface area contributed by atoms with Crippen molar-refractivity contribution >= 4 is 30.0 Å². The molecule has 0 saturated heterocycles. The topological polar surface area (TPSA) is 69.6 Å². The fourth-order valence-corrected chi connectivity index (χ4v) is 1.39. The first-order chi connectivity index (χ1) is 8.88. The predicted molar refractivity (Wildman–Crippen MR) is 72.0 cm³/mol. The standard InChI is InChI=1S/C12H14F2N2O3.ClH/c1-16(5-4-12(18)19)7-11(17)15-8-2-3-9(13)10(14)6-8;/h2-3,6H,4-5,7H2,1H3,(H,15,17)(H,18,19);1H. The molecule has 0 aliphatic rings. The molecule has 20 heavy (non-hydrogen) atoms. The molecular weight excluding hydrogens is 294 g/mol. The lowest BCUT2D eigenvalue weighted by Gasteiger charge is -2.15. The number of halogens is 3. The summed E-state index contributed by atoms with van der Waals surface area (Å²) in [5, 5.41) is 10.9. The van der Waals surface area contributed by atoms with Gasteiger partial charge in [-0.3, -0.25) is 14.5 Å². The summed E-state index contributed by atoms with van der Waals surface area (Å²) in [5.41, 5.74) is 0.149. The molecule has 112 valence electrons. The average Bonchev–Trinajstić information content (AvgIpc) is 2.31. The van der Waals surface area contributed by atoms with E-state index in [-0.39, 0.29) is 37.6 Å². The third kappa shape index (κ3) is 6.44. The van der Waals surface area contributed by atoms with Gasteiger partial charge in [0.2, 0.25) is 5.91 Å². The van der Waals surface area contributed by atoms with Crippen molar-refractivity contribution < 1.29 is 23.5 Å². The molecule has 2 N–H and O–H groups in total. The number of amides is 1. The first-order valence-corrected chi connectivity index (χ1v) is 5.53. The van der Waals surface area contributed by atoms with Gasteiger partial charge in [-0.15, -0.1) is 12.4 Å². The summed E-state index contributed by atoms with van der Waals surface area (Å²) < 4.78 is 25.6. The smallest absolute Gasteiger partial charge is 0.304 e. The second-order valence-electron chi connectivity index (χ2n) is 4.06. The molecule has 1 rings (SSSR count). The second kappa shape index (κ2) is 8.44. The van der Waals surface area contributed by atoms with Gasteiger partial charge in [-0.1, -0.05) is 0 Å². The minimum Gasteiger partial charge on any atom is -0.481 e. The number of rotatable bonds is 6. The van der Waals surface area contributed by atoms with Crippen LogP contribution in [0.15, 0.2) is 18.2 Å². The van der Waals surface area contributed by atoms with E-state index in [4.69, 9.17) is 5.11 Å². The molecule has 0 aliphatic carbocycles. The van der Waals surface area contributed by atoms with Crippen LogP contribution in [-0.2, 0) is 9.59 Å². The maximum absolute atomic E-state index is 12.9. The Morgan fingerprint density at radius 3 is 2.50 bits per heavy atom. The summed E-state index contributed by atoms with van der Waals surface area (Å²) in [6.45, 7) is 0.187. The van der Waals surface area contributed by atoms with Crippen LogP contribution in [0.4, 0.5) is 14.5 Å². The summed E-state index contributed by atoms with van der Waals surface area (Å²) in [7, 11) is 1.59. The number of hydrogen-bond acceptors (Lipinski definition) is 3. The Morgan fingerprint density at radius 1 is 1.30 bits per heavy atom. The molecular formula is C12H15ClF2N2O3. The van der Waals surface area contributed by atoms with Gasteiger partial charge < -0.3 is 10.4 Å². The molecule has 1 amide bonds. The van der Waals surface area contributed by atoms with Crippen LogP contribution >= 0.6 is 12.4 Å². The van der Waals surface area contributed by atoms with E-state index in [2.05, 4.69) is 5.32 Å². The van der Waals surface area contributed by atoms with Gasteiger partial charge in [0.1, 0.15) is 0 Å². The number of carbonyl (C=O) groups is 2. The lowest BCUT2D eigenvalue weighted by Crippen LogP contribution is -2.31. The maximum atomic E-state index is 12.9. The highest BCUT2D eigenvalue weighted by Crippen LogP contribution is 2.12. The molecule has 8 heteroatoms. The van der Waals surface area contributed by atoms with Gasteiger partial charge >= 0.3 is 5.97 Å². The maximum Gasteiger partial charge on any atom is 0.304 e. The van der Waals surface area contributed by atoms with E-state index in [0.29, 0.717) is 0 Å². The molecule has 0 saturated carbocycles. The number of nitrogens with zero attached hydrogens (tertiary/aromatic N) is 1. The van der Waals surface area contributed by atoms with E-state index in [1.54, 1.807) is 7.05 Å². The molecule has 0 aromatic heterocycles. The van der Waals surface area contributed by atoms with Crippen molar-refractivity contribution in [1.82, 2.24) is 4.90 Å². The molecule has 0 radical (unpaired) electrons. The Bertz CT molecular complexity index is 486. The van der Waals surface area contributed by atoms with Crippen LogP contribution < -0.4 is 5.32 Å². The highest BCUT2D eigenvalue weighted by Gasteiger charge is 2.09. The largest absolute Gasteiger partial charge is 0.481 e. The van der Waals surface area contributed by atoms with Crippen molar-refractivity contribution in [2.24, 2.45) is 0 Å². The van der Waals surface area contributed by atoms with E-state index < -0.39 is 23.5 Å². The number of carboxylic acid groups (broad SMARTS) is 1. The van der Waals surface area contributed by atoms with Crippen LogP contribution in [0.1, 0.15) is 6.42 Å². The number of anilines is 1. The first-order valence-electron chi connectivity index (χ1n) is 5.53. The summed E-state index contributed by atoms with van der Waals surface area (Å²) >= 11 is 0. The van der Waals surface area contributed by atoms with Crippen molar-refractivity contribution in [3.8, 4) is 0 Å². The van der Waals surface area contributed by atoms with Gasteiger partial charge in [-0.05, 0) is 19.2 Å². The monoisotopic (exact) mass is 308 g/mol. The molecule has 1 aromatic carbocycles. The molecule has 0 heterocycles. The van der Waals surface area contributed by atoms with Crippen molar-refractivity contribution in [2.45, 2.75) is 6.42 Å². The number of benzene rings is 1. The predicted octanol–water partition coefficient (Wildman–Crippen LogP) is 1.73. The molecule has 0 bridgehead atoms. The normalized spacial score (nSPS) is 10.0. The Balaban J connectivity index is 0.00000361. The van der Waals surface area contributed by atoms with E-state index in [1.807, 2.05) is 0 Å². The fraction of sp³-hybridized carbons (Fsp3) is 0.333.